The van der Waals surface area contributed by atoms with Crippen molar-refractivity contribution in [1.82, 2.24) is 9.73 Å². The van der Waals surface area contributed by atoms with Gasteiger partial charge < -0.3 is 0 Å². The molecule has 1 aliphatic heterocycles. The van der Waals surface area contributed by atoms with Gasteiger partial charge in [0.2, 0.25) is 0 Å². The minimum Gasteiger partial charge on any atom is -0.273 e. The largest absolute Gasteiger partial charge is 0.339 e. The molecule has 11 heavy (non-hydrogen) atoms. The van der Waals surface area contributed by atoms with Gasteiger partial charge in [-0.05, 0) is 5.16 Å². The van der Waals surface area contributed by atoms with Gasteiger partial charge in [0.1, 0.15) is 0 Å². The van der Waals surface area contributed by atoms with Crippen LogP contribution in [0, 0.1) is 0 Å². The molecular formula is C4H8N4O2S. The highest BCUT2D eigenvalue weighted by Crippen LogP contribution is 1.95. The molecule has 0 aromatic heterocycles. The van der Waals surface area contributed by atoms with Crippen LogP contribution in [0.1, 0.15) is 0 Å². The van der Waals surface area contributed by atoms with Crippen molar-refractivity contribution in [3.8, 4) is 0 Å². The zero-order chi connectivity index (χ0) is 8.27. The number of hydrogen-bond acceptors (Lipinski definition) is 5. The molecule has 0 radical (unpaired) electrons. The van der Waals surface area contributed by atoms with Crippen LogP contribution in [-0.4, -0.2) is 21.7 Å². The van der Waals surface area contributed by atoms with Gasteiger partial charge in [0, 0.05) is 0 Å². The molecule has 0 saturated heterocycles. The monoisotopic (exact) mass is 176 g/mol. The van der Waals surface area contributed by atoms with Gasteiger partial charge in [-0.1, -0.05) is 6.08 Å². The molecule has 1 aliphatic rings. The van der Waals surface area contributed by atoms with Gasteiger partial charge in [0.25, 0.3) is 5.96 Å². The van der Waals surface area contributed by atoms with Crippen LogP contribution in [0.5, 0.6) is 0 Å². The zero-order valence-corrected chi connectivity index (χ0v) is 6.50. The van der Waals surface area contributed by atoms with Crippen molar-refractivity contribution in [2.45, 2.75) is 0 Å². The molecule has 1 unspecified atom stereocenters. The first-order valence-corrected chi connectivity index (χ1v) is 3.88. The fourth-order valence-corrected chi connectivity index (χ4v) is 0.997. The molecule has 0 bridgehead atoms. The lowest BCUT2D eigenvalue weighted by atomic mass is 10.6. The number of hydrazine groups is 1. The Morgan fingerprint density at radius 3 is 3.18 bits per heavy atom. The molecule has 1 heterocycles. The summed E-state index contributed by atoms with van der Waals surface area (Å²) in [5.41, 5.74) is 0. The molecule has 6 nitrogen and oxygen atoms in total. The van der Waals surface area contributed by atoms with E-state index >= 15 is 0 Å². The SMILES string of the molecule is C=CCN(N)C1=NOS(=O)N1. The van der Waals surface area contributed by atoms with Crippen LogP contribution in [0.4, 0.5) is 0 Å². The van der Waals surface area contributed by atoms with Crippen molar-refractivity contribution >= 4 is 17.2 Å². The summed E-state index contributed by atoms with van der Waals surface area (Å²) in [6.45, 7) is 3.88. The Morgan fingerprint density at radius 1 is 2.00 bits per heavy atom. The number of rotatable bonds is 2. The molecule has 0 fully saturated rings. The quantitative estimate of drug-likeness (QED) is 0.315. The zero-order valence-electron chi connectivity index (χ0n) is 5.69. The van der Waals surface area contributed by atoms with Crippen molar-refractivity contribution in [3.63, 3.8) is 0 Å². The number of guanidine groups is 1. The van der Waals surface area contributed by atoms with Gasteiger partial charge >= 0.3 is 11.3 Å². The lowest BCUT2D eigenvalue weighted by molar-refractivity contribution is 0.371. The van der Waals surface area contributed by atoms with Crippen molar-refractivity contribution in [2.75, 3.05) is 6.54 Å². The highest BCUT2D eigenvalue weighted by atomic mass is 32.2. The highest BCUT2D eigenvalue weighted by molar-refractivity contribution is 7.79. The maximum Gasteiger partial charge on any atom is 0.339 e. The van der Waals surface area contributed by atoms with E-state index in [0.717, 1.165) is 0 Å². The Balaban J connectivity index is 2.48. The van der Waals surface area contributed by atoms with E-state index < -0.39 is 11.3 Å². The predicted molar refractivity (Wildman–Crippen MR) is 40.9 cm³/mol. The molecule has 3 N–H and O–H groups in total. The number of nitrogens with one attached hydrogen (secondary N) is 1. The number of hydrogen-bond donors (Lipinski definition) is 2. The second kappa shape index (κ2) is 3.35. The summed E-state index contributed by atoms with van der Waals surface area (Å²) in [4.78, 5) is 0. The summed E-state index contributed by atoms with van der Waals surface area (Å²) in [5.74, 6) is 5.65. The van der Waals surface area contributed by atoms with Gasteiger partial charge in [-0.25, -0.2) is 10.6 Å². The van der Waals surface area contributed by atoms with Gasteiger partial charge in [0.05, 0.1) is 6.54 Å². The van der Waals surface area contributed by atoms with E-state index in [-0.39, 0.29) is 5.96 Å². The molecule has 7 heteroatoms. The fraction of sp³-hybridized carbons (Fsp3) is 0.250. The van der Waals surface area contributed by atoms with Crippen molar-refractivity contribution in [2.24, 2.45) is 11.0 Å². The Labute approximate surface area is 66.4 Å². The Bertz CT molecular complexity index is 216. The summed E-state index contributed by atoms with van der Waals surface area (Å²) in [7, 11) is 0. The van der Waals surface area contributed by atoms with Crippen LogP contribution in [0.15, 0.2) is 17.8 Å². The average Bonchev–Trinajstić information content (AvgIpc) is 2.36. The lowest BCUT2D eigenvalue weighted by Gasteiger charge is -2.12. The second-order valence-corrected chi connectivity index (χ2v) is 2.59. The maximum atomic E-state index is 10.5. The van der Waals surface area contributed by atoms with Crippen molar-refractivity contribution < 1.29 is 8.49 Å². The van der Waals surface area contributed by atoms with E-state index in [2.05, 4.69) is 20.7 Å². The molecule has 0 aromatic rings. The first kappa shape index (κ1) is 8.02. The van der Waals surface area contributed by atoms with Gasteiger partial charge in [0.15, 0.2) is 0 Å². The summed E-state index contributed by atoms with van der Waals surface area (Å²) in [6, 6.07) is 0. The van der Waals surface area contributed by atoms with Crippen molar-refractivity contribution in [1.29, 1.82) is 0 Å². The van der Waals surface area contributed by atoms with Gasteiger partial charge in [-0.3, -0.25) is 9.29 Å². The van der Waals surface area contributed by atoms with E-state index in [4.69, 9.17) is 5.84 Å². The second-order valence-electron chi connectivity index (χ2n) is 1.77. The number of nitrogens with two attached hydrogens (primary N) is 1. The predicted octanol–water partition coefficient (Wildman–Crippen LogP) is -1.18. The fourth-order valence-electron chi connectivity index (χ4n) is 0.518. The highest BCUT2D eigenvalue weighted by Gasteiger charge is 2.17. The smallest absolute Gasteiger partial charge is 0.273 e. The Morgan fingerprint density at radius 2 is 2.73 bits per heavy atom. The summed E-state index contributed by atoms with van der Waals surface area (Å²) in [6.07, 6.45) is 1.59. The minimum absolute atomic E-state index is 0.239. The van der Waals surface area contributed by atoms with Gasteiger partial charge in [-0.15, -0.1) is 6.58 Å². The molecule has 62 valence electrons. The average molecular weight is 176 g/mol. The third-order valence-corrected chi connectivity index (χ3v) is 1.52. The molecule has 0 amide bonds. The number of nitrogens with zero attached hydrogens (tertiary/aromatic N) is 2. The Kier molecular flexibility index (Phi) is 2.44. The summed E-state index contributed by atoms with van der Waals surface area (Å²) in [5, 5.41) is 4.63. The standard InChI is InChI=1S/C4H8N4O2S/c1-2-3-8(5)4-6-10-11(9)7-4/h2H,1,3,5H2,(H,6,7). The van der Waals surface area contributed by atoms with E-state index in [1.165, 1.54) is 5.01 Å². The minimum atomic E-state index is -1.59. The van der Waals surface area contributed by atoms with Crippen molar-refractivity contribution in [3.05, 3.63) is 12.7 Å². The number of oxime groups is 1. The summed E-state index contributed by atoms with van der Waals surface area (Å²) >= 11 is -1.59. The molecule has 0 saturated carbocycles. The van der Waals surface area contributed by atoms with Crippen LogP contribution < -0.4 is 10.6 Å². The lowest BCUT2D eigenvalue weighted by Crippen LogP contribution is -2.43. The summed E-state index contributed by atoms with van der Waals surface area (Å²) < 4.78 is 17.2. The topological polar surface area (TPSA) is 79.9 Å². The van der Waals surface area contributed by atoms with Gasteiger partial charge in [-0.2, -0.15) is 4.21 Å². The molecule has 0 aliphatic carbocycles. The van der Waals surface area contributed by atoms with E-state index in [0.29, 0.717) is 6.54 Å². The third-order valence-electron chi connectivity index (χ3n) is 0.964. The van der Waals surface area contributed by atoms with Crippen LogP contribution in [-0.2, 0) is 15.6 Å². The maximum absolute atomic E-state index is 10.5. The first-order valence-electron chi connectivity index (χ1n) is 2.81. The van der Waals surface area contributed by atoms with Crippen LogP contribution in [0.25, 0.3) is 0 Å². The van der Waals surface area contributed by atoms with E-state index in [9.17, 15) is 4.21 Å². The molecule has 0 aromatic carbocycles. The van der Waals surface area contributed by atoms with Crippen LogP contribution in [0.2, 0.25) is 0 Å². The first-order chi connectivity index (χ1) is 5.24. The molecular weight excluding hydrogens is 168 g/mol. The molecule has 1 atom stereocenters. The Hall–Kier alpha value is -1.08. The van der Waals surface area contributed by atoms with Crippen LogP contribution in [0.3, 0.4) is 0 Å². The third kappa shape index (κ3) is 1.92. The van der Waals surface area contributed by atoms with Crippen LogP contribution >= 0.6 is 0 Å². The normalized spacial score (nSPS) is 21.5. The van der Waals surface area contributed by atoms with E-state index in [1.807, 2.05) is 0 Å². The molecule has 1 rings (SSSR count). The van der Waals surface area contributed by atoms with E-state index in [1.54, 1.807) is 6.08 Å². The molecule has 0 spiro atoms.